The van der Waals surface area contributed by atoms with Crippen LogP contribution in [0.15, 0.2) is 5.16 Å². The number of nitrogens with two attached hydrogens (primary N) is 1. The smallest absolute Gasteiger partial charge is 0.323 e. The zero-order valence-electron chi connectivity index (χ0n) is 12.5. The zero-order chi connectivity index (χ0) is 15.2. The van der Waals surface area contributed by atoms with Gasteiger partial charge in [0, 0.05) is 17.2 Å². The van der Waals surface area contributed by atoms with Gasteiger partial charge in [-0.1, -0.05) is 18.7 Å². The normalized spacial score (nSPS) is 22.8. The van der Waals surface area contributed by atoms with Crippen molar-refractivity contribution in [1.29, 1.82) is 0 Å². The third-order valence-electron chi connectivity index (χ3n) is 4.05. The van der Waals surface area contributed by atoms with Gasteiger partial charge >= 0.3 is 5.97 Å². The maximum absolute atomic E-state index is 11.1. The molecule has 0 aromatic carbocycles. The van der Waals surface area contributed by atoms with E-state index in [1.54, 1.807) is 18.7 Å². The van der Waals surface area contributed by atoms with E-state index >= 15 is 0 Å². The largest absolute Gasteiger partial charge is 0.480 e. The number of rotatable bonds is 7. The van der Waals surface area contributed by atoms with Crippen LogP contribution in [0.5, 0.6) is 0 Å². The second-order valence-corrected chi connectivity index (χ2v) is 7.98. The molecule has 1 aromatic heterocycles. The average Bonchev–Trinajstić information content (AvgIpc) is 3.28. The van der Waals surface area contributed by atoms with Gasteiger partial charge in [-0.25, -0.2) is 0 Å². The predicted octanol–water partition coefficient (Wildman–Crippen LogP) is 2.16. The molecule has 3 rings (SSSR count). The van der Waals surface area contributed by atoms with E-state index in [1.807, 2.05) is 6.92 Å². The van der Waals surface area contributed by atoms with E-state index in [1.165, 1.54) is 25.7 Å². The van der Waals surface area contributed by atoms with E-state index in [4.69, 9.17) is 10.8 Å². The summed E-state index contributed by atoms with van der Waals surface area (Å²) in [5, 5.41) is 18.8. The van der Waals surface area contributed by atoms with Gasteiger partial charge < -0.3 is 15.4 Å². The molecule has 0 amide bonds. The summed E-state index contributed by atoms with van der Waals surface area (Å²) in [4.78, 5) is 11.1. The van der Waals surface area contributed by atoms with Gasteiger partial charge in [-0.3, -0.25) is 4.79 Å². The summed E-state index contributed by atoms with van der Waals surface area (Å²) in [5.41, 5.74) is 4.63. The first kappa shape index (κ1) is 14.8. The van der Waals surface area contributed by atoms with Crippen molar-refractivity contribution in [3.63, 3.8) is 0 Å². The first-order valence-corrected chi connectivity index (χ1v) is 8.40. The number of carboxylic acids is 1. The Morgan fingerprint density at radius 3 is 2.67 bits per heavy atom. The average molecular weight is 310 g/mol. The Kier molecular flexibility index (Phi) is 3.73. The minimum absolute atomic E-state index is 0.0878. The van der Waals surface area contributed by atoms with E-state index in [9.17, 15) is 4.79 Å². The Hall–Kier alpha value is -1.08. The van der Waals surface area contributed by atoms with Gasteiger partial charge in [0.15, 0.2) is 5.16 Å². The van der Waals surface area contributed by atoms with Crippen molar-refractivity contribution in [2.75, 3.05) is 0 Å². The van der Waals surface area contributed by atoms with Crippen molar-refractivity contribution < 1.29 is 9.90 Å². The highest BCUT2D eigenvalue weighted by Gasteiger charge is 2.37. The number of carbonyl (C=O) groups is 1. The van der Waals surface area contributed by atoms with Crippen molar-refractivity contribution >= 4 is 17.7 Å². The first-order valence-electron chi connectivity index (χ1n) is 7.52. The molecule has 2 unspecified atom stereocenters. The second-order valence-electron chi connectivity index (χ2n) is 6.57. The summed E-state index contributed by atoms with van der Waals surface area (Å²) < 4.78 is 2.29. The van der Waals surface area contributed by atoms with E-state index < -0.39 is 11.5 Å². The summed E-state index contributed by atoms with van der Waals surface area (Å²) in [6.45, 7) is 3.56. The van der Waals surface area contributed by atoms with E-state index in [0.717, 1.165) is 11.0 Å². The third kappa shape index (κ3) is 3.23. The Labute approximate surface area is 128 Å². The van der Waals surface area contributed by atoms with Crippen LogP contribution in [-0.2, 0) is 4.79 Å². The Morgan fingerprint density at radius 2 is 2.14 bits per heavy atom. The van der Waals surface area contributed by atoms with Gasteiger partial charge in [0.2, 0.25) is 0 Å². The van der Waals surface area contributed by atoms with Crippen molar-refractivity contribution in [2.24, 2.45) is 5.73 Å². The number of nitrogens with zero attached hydrogens (tertiary/aromatic N) is 3. The van der Waals surface area contributed by atoms with Crippen LogP contribution in [0.4, 0.5) is 0 Å². The van der Waals surface area contributed by atoms with Gasteiger partial charge in [-0.15, -0.1) is 10.2 Å². The molecule has 2 aliphatic carbocycles. The SMILES string of the molecule is CC(CC(C)(N)C(=O)O)Sc1nnc(C2CC2)n1C1CC1. The van der Waals surface area contributed by atoms with Gasteiger partial charge in [-0.2, -0.15) is 0 Å². The summed E-state index contributed by atoms with van der Waals surface area (Å²) in [7, 11) is 0. The molecule has 6 nitrogen and oxygen atoms in total. The van der Waals surface area contributed by atoms with Crippen LogP contribution in [0.2, 0.25) is 0 Å². The fourth-order valence-corrected chi connectivity index (χ4v) is 3.80. The monoisotopic (exact) mass is 310 g/mol. The molecular formula is C14H22N4O2S. The molecule has 0 saturated heterocycles. The minimum atomic E-state index is -1.20. The lowest BCUT2D eigenvalue weighted by Gasteiger charge is -2.23. The molecule has 0 radical (unpaired) electrons. The molecule has 0 bridgehead atoms. The van der Waals surface area contributed by atoms with E-state index in [0.29, 0.717) is 18.4 Å². The van der Waals surface area contributed by atoms with Gasteiger partial charge in [0.25, 0.3) is 0 Å². The van der Waals surface area contributed by atoms with Crippen LogP contribution >= 0.6 is 11.8 Å². The number of thioether (sulfide) groups is 1. The Morgan fingerprint density at radius 1 is 1.48 bits per heavy atom. The lowest BCUT2D eigenvalue weighted by molar-refractivity contribution is -0.142. The van der Waals surface area contributed by atoms with Crippen LogP contribution in [0.25, 0.3) is 0 Å². The summed E-state index contributed by atoms with van der Waals surface area (Å²) in [5.74, 6) is 0.750. The lowest BCUT2D eigenvalue weighted by Crippen LogP contribution is -2.46. The standard InChI is InChI=1S/C14H22N4O2S/c1-8(7-14(2,15)12(19)20)21-13-17-16-11(9-3-4-9)18(13)10-5-6-10/h8-10H,3-7,15H2,1-2H3,(H,19,20). The second kappa shape index (κ2) is 5.28. The summed E-state index contributed by atoms with van der Waals surface area (Å²) >= 11 is 1.59. The summed E-state index contributed by atoms with van der Waals surface area (Å²) in [6, 6.07) is 0.550. The van der Waals surface area contributed by atoms with Crippen molar-refractivity contribution in [3.8, 4) is 0 Å². The minimum Gasteiger partial charge on any atom is -0.480 e. The lowest BCUT2D eigenvalue weighted by atomic mass is 9.98. The maximum Gasteiger partial charge on any atom is 0.323 e. The van der Waals surface area contributed by atoms with Crippen LogP contribution in [0.3, 0.4) is 0 Å². The molecular weight excluding hydrogens is 288 g/mol. The quantitative estimate of drug-likeness (QED) is 0.750. The number of hydrogen-bond acceptors (Lipinski definition) is 5. The number of carboxylic acid groups (broad SMARTS) is 1. The molecule has 0 spiro atoms. The van der Waals surface area contributed by atoms with Gasteiger partial charge in [0.05, 0.1) is 0 Å². The molecule has 2 aliphatic rings. The van der Waals surface area contributed by atoms with Crippen LogP contribution in [0.1, 0.15) is 63.7 Å². The molecule has 21 heavy (non-hydrogen) atoms. The fraction of sp³-hybridized carbons (Fsp3) is 0.786. The van der Waals surface area contributed by atoms with Crippen molar-refractivity contribution in [2.45, 2.75) is 73.9 Å². The molecule has 0 aliphatic heterocycles. The number of hydrogen-bond donors (Lipinski definition) is 2. The molecule has 1 heterocycles. The highest BCUT2D eigenvalue weighted by atomic mass is 32.2. The highest BCUT2D eigenvalue weighted by Crippen LogP contribution is 2.46. The zero-order valence-corrected chi connectivity index (χ0v) is 13.3. The van der Waals surface area contributed by atoms with Gasteiger partial charge in [0.1, 0.15) is 11.4 Å². The molecule has 3 N–H and O–H groups in total. The fourth-order valence-electron chi connectivity index (χ4n) is 2.57. The number of aliphatic carboxylic acids is 1. The Balaban J connectivity index is 1.71. The van der Waals surface area contributed by atoms with Gasteiger partial charge in [-0.05, 0) is 39.0 Å². The highest BCUT2D eigenvalue weighted by molar-refractivity contribution is 7.99. The maximum atomic E-state index is 11.1. The summed E-state index contributed by atoms with van der Waals surface area (Å²) in [6.07, 6.45) is 5.23. The van der Waals surface area contributed by atoms with Crippen LogP contribution < -0.4 is 5.73 Å². The molecule has 2 fully saturated rings. The topological polar surface area (TPSA) is 94.0 Å². The van der Waals surface area contributed by atoms with Crippen LogP contribution in [-0.4, -0.2) is 36.6 Å². The van der Waals surface area contributed by atoms with Crippen LogP contribution in [0, 0.1) is 0 Å². The Bertz CT molecular complexity index is 549. The molecule has 1 aromatic rings. The predicted molar refractivity (Wildman–Crippen MR) is 80.4 cm³/mol. The molecule has 116 valence electrons. The number of aromatic nitrogens is 3. The van der Waals surface area contributed by atoms with E-state index in [-0.39, 0.29) is 5.25 Å². The van der Waals surface area contributed by atoms with Crippen molar-refractivity contribution in [1.82, 2.24) is 14.8 Å². The molecule has 7 heteroatoms. The third-order valence-corrected chi connectivity index (χ3v) is 5.11. The van der Waals surface area contributed by atoms with Crippen molar-refractivity contribution in [3.05, 3.63) is 5.82 Å². The van der Waals surface area contributed by atoms with E-state index in [2.05, 4.69) is 14.8 Å². The first-order chi connectivity index (χ1) is 9.88. The molecule has 2 saturated carbocycles. The molecule has 2 atom stereocenters.